The minimum atomic E-state index is -3.76. The minimum Gasteiger partial charge on any atom is -0.493 e. The van der Waals surface area contributed by atoms with Gasteiger partial charge in [0, 0.05) is 11.6 Å². The zero-order valence-corrected chi connectivity index (χ0v) is 14.3. The summed E-state index contributed by atoms with van der Waals surface area (Å²) in [6.45, 7) is 0. The van der Waals surface area contributed by atoms with Gasteiger partial charge in [-0.2, -0.15) is 0 Å². The maximum Gasteiger partial charge on any atom is 0.268 e. The molecule has 0 aliphatic rings. The zero-order valence-electron chi connectivity index (χ0n) is 13.5. The van der Waals surface area contributed by atoms with Gasteiger partial charge in [0.15, 0.2) is 11.5 Å². The van der Waals surface area contributed by atoms with Crippen molar-refractivity contribution in [2.24, 2.45) is 0 Å². The Labute approximate surface area is 140 Å². The summed E-state index contributed by atoms with van der Waals surface area (Å²) >= 11 is 0. The lowest BCUT2D eigenvalue weighted by Crippen LogP contribution is -2.12. The van der Waals surface area contributed by atoms with E-state index in [0.717, 1.165) is 0 Å². The lowest BCUT2D eigenvalue weighted by atomic mass is 10.2. The second kappa shape index (κ2) is 6.09. The molecule has 0 atom stereocenters. The third kappa shape index (κ3) is 2.37. The molecule has 0 unspecified atom stereocenters. The Balaban J connectivity index is 2.35. The van der Waals surface area contributed by atoms with E-state index >= 15 is 0 Å². The molecule has 3 rings (SSSR count). The number of methoxy groups -OCH3 is 3. The van der Waals surface area contributed by atoms with Crippen molar-refractivity contribution in [3.05, 3.63) is 48.7 Å². The number of hydrogen-bond donors (Lipinski definition) is 0. The molecule has 2 aromatic carbocycles. The van der Waals surface area contributed by atoms with E-state index < -0.39 is 10.0 Å². The van der Waals surface area contributed by atoms with E-state index in [-0.39, 0.29) is 4.90 Å². The number of fused-ring (bicyclic) bond motifs is 1. The Bertz CT molecular complexity index is 977. The van der Waals surface area contributed by atoms with Gasteiger partial charge in [0.1, 0.15) is 5.52 Å². The largest absolute Gasteiger partial charge is 0.493 e. The summed E-state index contributed by atoms with van der Waals surface area (Å²) in [5, 5.41) is 0.670. The molecule has 1 aromatic heterocycles. The van der Waals surface area contributed by atoms with E-state index in [9.17, 15) is 8.42 Å². The van der Waals surface area contributed by atoms with Gasteiger partial charge in [-0.1, -0.05) is 18.2 Å². The molecule has 0 saturated carbocycles. The summed E-state index contributed by atoms with van der Waals surface area (Å²) in [5.41, 5.74) is 0.402. The van der Waals surface area contributed by atoms with Crippen LogP contribution in [-0.4, -0.2) is 33.7 Å². The van der Waals surface area contributed by atoms with Crippen LogP contribution in [0.1, 0.15) is 0 Å². The minimum absolute atomic E-state index is 0.194. The highest BCUT2D eigenvalue weighted by Crippen LogP contribution is 2.44. The van der Waals surface area contributed by atoms with Crippen LogP contribution in [0.15, 0.2) is 53.6 Å². The van der Waals surface area contributed by atoms with Crippen molar-refractivity contribution >= 4 is 20.9 Å². The number of aromatic nitrogens is 1. The Morgan fingerprint density at radius 3 is 2.12 bits per heavy atom. The molecular formula is C17H17NO5S. The summed E-state index contributed by atoms with van der Waals surface area (Å²) in [4.78, 5) is 0.194. The van der Waals surface area contributed by atoms with E-state index in [0.29, 0.717) is 28.2 Å². The fraction of sp³-hybridized carbons (Fsp3) is 0.176. The van der Waals surface area contributed by atoms with Gasteiger partial charge < -0.3 is 14.2 Å². The van der Waals surface area contributed by atoms with Gasteiger partial charge in [0.05, 0.1) is 26.2 Å². The Morgan fingerprint density at radius 1 is 0.875 bits per heavy atom. The maximum absolute atomic E-state index is 13.0. The maximum atomic E-state index is 13.0. The number of ether oxygens (including phenoxy) is 3. The average molecular weight is 347 g/mol. The molecule has 0 N–H and O–H groups in total. The molecule has 0 radical (unpaired) electrons. The molecular weight excluding hydrogens is 330 g/mol. The van der Waals surface area contributed by atoms with E-state index in [2.05, 4.69) is 0 Å². The summed E-state index contributed by atoms with van der Waals surface area (Å²) in [6, 6.07) is 11.6. The molecule has 0 fully saturated rings. The predicted molar refractivity (Wildman–Crippen MR) is 90.6 cm³/mol. The van der Waals surface area contributed by atoms with Crippen LogP contribution in [0.3, 0.4) is 0 Å². The molecule has 1 heterocycles. The van der Waals surface area contributed by atoms with Gasteiger partial charge in [-0.15, -0.1) is 0 Å². The first-order valence-corrected chi connectivity index (χ1v) is 8.59. The van der Waals surface area contributed by atoms with E-state index in [4.69, 9.17) is 14.2 Å². The van der Waals surface area contributed by atoms with Crippen LogP contribution in [0.25, 0.3) is 10.9 Å². The molecule has 7 heteroatoms. The van der Waals surface area contributed by atoms with Crippen LogP contribution < -0.4 is 14.2 Å². The number of hydrogen-bond acceptors (Lipinski definition) is 5. The van der Waals surface area contributed by atoms with Gasteiger partial charge in [0.25, 0.3) is 10.0 Å². The normalized spacial score (nSPS) is 11.5. The molecule has 6 nitrogen and oxygen atoms in total. The lowest BCUT2D eigenvalue weighted by molar-refractivity contribution is 0.327. The van der Waals surface area contributed by atoms with Gasteiger partial charge in [0.2, 0.25) is 5.75 Å². The monoisotopic (exact) mass is 347 g/mol. The fourth-order valence-corrected chi connectivity index (χ4v) is 4.02. The number of benzene rings is 2. The van der Waals surface area contributed by atoms with Crippen LogP contribution in [0.5, 0.6) is 17.2 Å². The van der Waals surface area contributed by atoms with Crippen molar-refractivity contribution in [3.8, 4) is 17.2 Å². The van der Waals surface area contributed by atoms with E-state index in [1.54, 1.807) is 42.5 Å². The highest BCUT2D eigenvalue weighted by Gasteiger charge is 2.25. The van der Waals surface area contributed by atoms with Crippen molar-refractivity contribution in [3.63, 3.8) is 0 Å². The molecule has 126 valence electrons. The summed E-state index contributed by atoms with van der Waals surface area (Å²) in [7, 11) is 0.695. The third-order valence-corrected chi connectivity index (χ3v) is 5.43. The van der Waals surface area contributed by atoms with Crippen LogP contribution in [0.2, 0.25) is 0 Å². The van der Waals surface area contributed by atoms with Crippen LogP contribution in [0.4, 0.5) is 0 Å². The molecule has 0 bridgehead atoms. The van der Waals surface area contributed by atoms with E-state index in [1.165, 1.54) is 31.5 Å². The predicted octanol–water partition coefficient (Wildman–Crippen LogP) is 2.90. The smallest absolute Gasteiger partial charge is 0.268 e. The summed E-state index contributed by atoms with van der Waals surface area (Å²) in [5.74, 6) is 1.11. The van der Waals surface area contributed by atoms with Gasteiger partial charge in [-0.05, 0) is 24.3 Å². The SMILES string of the molecule is COc1cc2ccn(S(=O)(=O)c3ccccc3)c2c(OC)c1OC. The third-order valence-electron chi connectivity index (χ3n) is 3.74. The average Bonchev–Trinajstić information content (AvgIpc) is 3.05. The number of nitrogens with zero attached hydrogens (tertiary/aromatic N) is 1. The van der Waals surface area contributed by atoms with Crippen LogP contribution in [0, 0.1) is 0 Å². The molecule has 0 saturated heterocycles. The second-order valence-corrected chi connectivity index (χ2v) is 6.83. The first-order chi connectivity index (χ1) is 11.5. The Morgan fingerprint density at radius 2 is 1.54 bits per heavy atom. The summed E-state index contributed by atoms with van der Waals surface area (Å²) in [6.07, 6.45) is 1.49. The zero-order chi connectivity index (χ0) is 17.3. The van der Waals surface area contributed by atoms with Crippen molar-refractivity contribution in [1.29, 1.82) is 0 Å². The van der Waals surface area contributed by atoms with Gasteiger partial charge in [-0.25, -0.2) is 12.4 Å². The lowest BCUT2D eigenvalue weighted by Gasteiger charge is -2.15. The first kappa shape index (κ1) is 16.2. The molecule has 0 aliphatic carbocycles. The summed E-state index contributed by atoms with van der Waals surface area (Å²) < 4.78 is 43.2. The van der Waals surface area contributed by atoms with Crippen molar-refractivity contribution in [2.45, 2.75) is 4.90 Å². The topological polar surface area (TPSA) is 66.8 Å². The van der Waals surface area contributed by atoms with Gasteiger partial charge >= 0.3 is 0 Å². The second-order valence-electron chi connectivity index (χ2n) is 5.01. The van der Waals surface area contributed by atoms with Crippen LogP contribution >= 0.6 is 0 Å². The highest BCUT2D eigenvalue weighted by molar-refractivity contribution is 7.90. The van der Waals surface area contributed by atoms with E-state index in [1.807, 2.05) is 0 Å². The highest BCUT2D eigenvalue weighted by atomic mass is 32.2. The van der Waals surface area contributed by atoms with Crippen LogP contribution in [-0.2, 0) is 10.0 Å². The molecule has 24 heavy (non-hydrogen) atoms. The standard InChI is InChI=1S/C17H17NO5S/c1-21-14-11-12-9-10-18(15(12)17(23-3)16(14)22-2)24(19,20)13-7-5-4-6-8-13/h4-11H,1-3H3. The van der Waals surface area contributed by atoms with Crippen molar-refractivity contribution in [1.82, 2.24) is 3.97 Å². The Kier molecular flexibility index (Phi) is 4.11. The molecule has 0 amide bonds. The molecule has 0 spiro atoms. The Hall–Kier alpha value is -2.67. The van der Waals surface area contributed by atoms with Gasteiger partial charge in [-0.3, -0.25) is 0 Å². The molecule has 3 aromatic rings. The van der Waals surface area contributed by atoms with Crippen molar-refractivity contribution < 1.29 is 22.6 Å². The first-order valence-electron chi connectivity index (χ1n) is 7.15. The van der Waals surface area contributed by atoms with Crippen molar-refractivity contribution in [2.75, 3.05) is 21.3 Å². The fourth-order valence-electron chi connectivity index (χ4n) is 2.64. The number of rotatable bonds is 5. The quantitative estimate of drug-likeness (QED) is 0.710. The molecule has 0 aliphatic heterocycles.